The summed E-state index contributed by atoms with van der Waals surface area (Å²) in [4.78, 5) is 10.4. The van der Waals surface area contributed by atoms with Crippen LogP contribution in [-0.2, 0) is 4.79 Å². The van der Waals surface area contributed by atoms with Gasteiger partial charge in [0.05, 0.1) is 0 Å². The lowest BCUT2D eigenvalue weighted by molar-refractivity contribution is -0.472. The smallest absolute Gasteiger partial charge is 0.438 e. The first-order valence-electron chi connectivity index (χ1n) is 8.32. The van der Waals surface area contributed by atoms with Gasteiger partial charge < -0.3 is 5.11 Å². The van der Waals surface area contributed by atoms with E-state index in [1.807, 2.05) is 0 Å². The molecule has 0 radical (unpaired) electrons. The highest BCUT2D eigenvalue weighted by Crippen LogP contribution is 2.66. The second-order valence-electron chi connectivity index (χ2n) is 6.96. The monoisotopic (exact) mass is 582 g/mol. The Bertz CT molecular complexity index is 834. The normalized spacial score (nSPS) is 16.4. The summed E-state index contributed by atoms with van der Waals surface area (Å²) in [6.45, 7) is 0.592. The molecule has 0 unspecified atom stereocenters. The van der Waals surface area contributed by atoms with Crippen LogP contribution in [0, 0.1) is 0 Å². The van der Waals surface area contributed by atoms with Crippen molar-refractivity contribution in [2.45, 2.75) is 73.3 Å². The Balaban J connectivity index is 6.83. The molecule has 0 aromatic carbocycles. The van der Waals surface area contributed by atoms with E-state index in [0.29, 0.717) is 6.92 Å². The molecule has 0 aliphatic heterocycles. The topological polar surface area (TPSA) is 37.3 Å². The number of carbonyl (C=O) groups is 1. The number of rotatable bonds is 10. The standard InChI is InChI=1S/C15H9F19O2/c1-5(6(35)36)3-2-4-7(16,17)9(19,20)11(23,24)13(27,28)12(25,26)10(21,22)8(18,14(29,30)31)15(32,33)34/h3H,2,4H2,1H3,(H,35,36). The number of hydrogen-bond donors (Lipinski definition) is 1. The molecule has 36 heavy (non-hydrogen) atoms. The first kappa shape index (κ1) is 33.9. The van der Waals surface area contributed by atoms with E-state index in [1.54, 1.807) is 0 Å². The van der Waals surface area contributed by atoms with Gasteiger partial charge in [0, 0.05) is 12.0 Å². The number of carboxylic acids is 1. The van der Waals surface area contributed by atoms with Gasteiger partial charge in [-0.15, -0.1) is 0 Å². The molecule has 1 N–H and O–H groups in total. The minimum Gasteiger partial charge on any atom is -0.478 e. The molecule has 0 heterocycles. The minimum absolute atomic E-state index is 0.0788. The van der Waals surface area contributed by atoms with Crippen molar-refractivity contribution >= 4 is 5.97 Å². The molecule has 0 atom stereocenters. The van der Waals surface area contributed by atoms with Crippen LogP contribution in [0.3, 0.4) is 0 Å². The van der Waals surface area contributed by atoms with Crippen LogP contribution in [-0.4, -0.2) is 64.6 Å². The molecule has 0 amide bonds. The van der Waals surface area contributed by atoms with Gasteiger partial charge in [0.15, 0.2) is 0 Å². The third-order valence-corrected chi connectivity index (χ3v) is 4.50. The largest absolute Gasteiger partial charge is 0.478 e. The number of alkyl halides is 19. The summed E-state index contributed by atoms with van der Waals surface area (Å²) in [5.41, 5.74) is -9.72. The van der Waals surface area contributed by atoms with Gasteiger partial charge in [-0.25, -0.2) is 9.18 Å². The summed E-state index contributed by atoms with van der Waals surface area (Å²) in [5.74, 6) is -52.1. The highest BCUT2D eigenvalue weighted by atomic mass is 19.4. The molecule has 0 rings (SSSR count). The maximum absolute atomic E-state index is 13.6. The van der Waals surface area contributed by atoms with Crippen molar-refractivity contribution < 1.29 is 93.3 Å². The van der Waals surface area contributed by atoms with E-state index in [9.17, 15) is 88.2 Å². The Morgan fingerprint density at radius 1 is 0.583 bits per heavy atom. The minimum atomic E-state index is -9.05. The fourth-order valence-corrected chi connectivity index (χ4v) is 2.27. The van der Waals surface area contributed by atoms with Crippen molar-refractivity contribution in [3.8, 4) is 0 Å². The van der Waals surface area contributed by atoms with Gasteiger partial charge in [0.1, 0.15) is 0 Å². The number of halogens is 19. The van der Waals surface area contributed by atoms with E-state index in [0.717, 1.165) is 0 Å². The average Bonchev–Trinajstić information content (AvgIpc) is 2.64. The molecule has 0 fully saturated rings. The molecule has 0 saturated heterocycles. The lowest BCUT2D eigenvalue weighted by atomic mass is 9.83. The number of aliphatic carboxylic acids is 1. The first-order valence-corrected chi connectivity index (χ1v) is 8.32. The molecule has 214 valence electrons. The van der Waals surface area contributed by atoms with Crippen molar-refractivity contribution in [3.63, 3.8) is 0 Å². The van der Waals surface area contributed by atoms with Crippen LogP contribution in [0.4, 0.5) is 83.4 Å². The highest BCUT2D eigenvalue weighted by Gasteiger charge is 2.98. The Morgan fingerprint density at radius 3 is 1.19 bits per heavy atom. The first-order chi connectivity index (χ1) is 15.3. The summed E-state index contributed by atoms with van der Waals surface area (Å²) >= 11 is 0. The molecule has 0 aliphatic rings. The van der Waals surface area contributed by atoms with E-state index >= 15 is 0 Å². The summed E-state index contributed by atoms with van der Waals surface area (Å²) in [6, 6.07) is 0. The zero-order valence-corrected chi connectivity index (χ0v) is 16.5. The third kappa shape index (κ3) is 4.65. The highest BCUT2D eigenvalue weighted by molar-refractivity contribution is 5.85. The van der Waals surface area contributed by atoms with Gasteiger partial charge in [0.2, 0.25) is 0 Å². The van der Waals surface area contributed by atoms with Crippen LogP contribution in [0.25, 0.3) is 0 Å². The van der Waals surface area contributed by atoms with Crippen LogP contribution < -0.4 is 0 Å². The number of allylic oxidation sites excluding steroid dienone is 1. The van der Waals surface area contributed by atoms with Crippen LogP contribution in [0.1, 0.15) is 19.8 Å². The SMILES string of the molecule is CC(=CCCC(F)(F)C(F)(F)C(F)(F)C(F)(F)C(F)(F)C(F)(F)C(F)(C(F)(F)F)C(F)(F)F)C(=O)O. The maximum atomic E-state index is 13.6. The summed E-state index contributed by atoms with van der Waals surface area (Å²) in [5, 5.41) is 8.38. The Kier molecular flexibility index (Phi) is 8.49. The van der Waals surface area contributed by atoms with E-state index < -0.39 is 77.9 Å². The predicted octanol–water partition coefficient (Wildman–Crippen LogP) is 7.44. The molecule has 0 aliphatic carbocycles. The summed E-state index contributed by atoms with van der Waals surface area (Å²) in [6.07, 6.45) is -21.1. The van der Waals surface area contributed by atoms with Gasteiger partial charge in [-0.3, -0.25) is 0 Å². The fourth-order valence-electron chi connectivity index (χ4n) is 2.27. The average molecular weight is 582 g/mol. The molecule has 0 spiro atoms. The molecule has 0 aromatic rings. The molecule has 0 bridgehead atoms. The van der Waals surface area contributed by atoms with Crippen LogP contribution in [0.2, 0.25) is 0 Å². The molecule has 2 nitrogen and oxygen atoms in total. The van der Waals surface area contributed by atoms with E-state index in [-0.39, 0.29) is 6.08 Å². The van der Waals surface area contributed by atoms with Crippen molar-refractivity contribution in [2.75, 3.05) is 0 Å². The molecule has 21 heteroatoms. The second kappa shape index (κ2) is 9.02. The van der Waals surface area contributed by atoms with E-state index in [1.165, 1.54) is 0 Å². The third-order valence-electron chi connectivity index (χ3n) is 4.50. The van der Waals surface area contributed by atoms with Crippen LogP contribution in [0.5, 0.6) is 0 Å². The molecule has 0 saturated carbocycles. The quantitative estimate of drug-likeness (QED) is 0.215. The molecular formula is C15H9F19O2. The van der Waals surface area contributed by atoms with Crippen molar-refractivity contribution in [1.29, 1.82) is 0 Å². The van der Waals surface area contributed by atoms with Gasteiger partial charge in [-0.05, 0) is 13.3 Å². The Labute approximate surface area is 185 Å². The van der Waals surface area contributed by atoms with Gasteiger partial charge in [0.25, 0.3) is 0 Å². The second-order valence-corrected chi connectivity index (χ2v) is 6.96. The summed E-state index contributed by atoms with van der Waals surface area (Å²) < 4.78 is 250. The van der Waals surface area contributed by atoms with Crippen molar-refractivity contribution in [1.82, 2.24) is 0 Å². The fraction of sp³-hybridized carbons (Fsp3) is 0.800. The van der Waals surface area contributed by atoms with Crippen LogP contribution >= 0.6 is 0 Å². The Morgan fingerprint density at radius 2 is 0.889 bits per heavy atom. The van der Waals surface area contributed by atoms with Crippen molar-refractivity contribution in [2.24, 2.45) is 0 Å². The van der Waals surface area contributed by atoms with E-state index in [4.69, 9.17) is 5.11 Å². The van der Waals surface area contributed by atoms with Crippen LogP contribution in [0.15, 0.2) is 11.6 Å². The lowest BCUT2D eigenvalue weighted by Gasteiger charge is -2.45. The predicted molar refractivity (Wildman–Crippen MR) is 76.3 cm³/mol. The van der Waals surface area contributed by atoms with Crippen molar-refractivity contribution in [3.05, 3.63) is 11.6 Å². The van der Waals surface area contributed by atoms with E-state index in [2.05, 4.69) is 0 Å². The maximum Gasteiger partial charge on any atom is 0.438 e. The number of carboxylic acid groups (broad SMARTS) is 1. The molecular weight excluding hydrogens is 573 g/mol. The zero-order valence-electron chi connectivity index (χ0n) is 16.5. The summed E-state index contributed by atoms with van der Waals surface area (Å²) in [7, 11) is 0. The number of hydrogen-bond acceptors (Lipinski definition) is 1. The Hall–Kier alpha value is -2.12. The van der Waals surface area contributed by atoms with Gasteiger partial charge in [-0.2, -0.15) is 79.0 Å². The zero-order chi connectivity index (χ0) is 29.8. The molecule has 0 aromatic heterocycles. The lowest BCUT2D eigenvalue weighted by Crippen LogP contribution is -2.77. The van der Waals surface area contributed by atoms with Gasteiger partial charge >= 0.3 is 59.5 Å². The van der Waals surface area contributed by atoms with Gasteiger partial charge in [-0.1, -0.05) is 6.08 Å².